The number of anilines is 1. The van der Waals surface area contributed by atoms with E-state index in [1.54, 1.807) is 19.9 Å². The molecular formula is C12H14N4O3S2. The van der Waals surface area contributed by atoms with Crippen molar-refractivity contribution in [1.29, 1.82) is 0 Å². The standard InChI is InChI=1S/C12H14N4O3S2/c1-7-4-5-9(21(18,19)13-3)6-10(7)11(17)14-12-16-15-8(2)20-12/h4-6,13H,1-3H3,(H,14,16,17). The number of sulfonamides is 1. The molecule has 2 rings (SSSR count). The van der Waals surface area contributed by atoms with Crippen LogP contribution >= 0.6 is 11.3 Å². The molecule has 2 aromatic rings. The van der Waals surface area contributed by atoms with E-state index in [0.717, 1.165) is 5.01 Å². The fourth-order valence-electron chi connectivity index (χ4n) is 1.64. The Kier molecular flexibility index (Phi) is 4.35. The fourth-order valence-corrected chi connectivity index (χ4v) is 2.99. The van der Waals surface area contributed by atoms with E-state index in [0.29, 0.717) is 10.7 Å². The first-order chi connectivity index (χ1) is 9.83. The minimum Gasteiger partial charge on any atom is -0.296 e. The molecule has 0 aliphatic heterocycles. The van der Waals surface area contributed by atoms with Gasteiger partial charge in [0.15, 0.2) is 0 Å². The highest BCUT2D eigenvalue weighted by Crippen LogP contribution is 2.19. The van der Waals surface area contributed by atoms with E-state index in [1.807, 2.05) is 0 Å². The molecule has 0 atom stereocenters. The number of aryl methyl sites for hydroxylation is 2. The van der Waals surface area contributed by atoms with Gasteiger partial charge < -0.3 is 0 Å². The molecule has 0 fully saturated rings. The number of hydrogen-bond donors (Lipinski definition) is 2. The Morgan fingerprint density at radius 2 is 1.95 bits per heavy atom. The number of rotatable bonds is 4. The molecule has 112 valence electrons. The van der Waals surface area contributed by atoms with Crippen LogP contribution in [0.1, 0.15) is 20.9 Å². The highest BCUT2D eigenvalue weighted by molar-refractivity contribution is 7.89. The summed E-state index contributed by atoms with van der Waals surface area (Å²) in [5, 5.41) is 11.3. The molecule has 1 amide bonds. The van der Waals surface area contributed by atoms with Crippen LogP contribution < -0.4 is 10.0 Å². The number of amides is 1. The zero-order valence-corrected chi connectivity index (χ0v) is 13.3. The van der Waals surface area contributed by atoms with Crippen molar-refractivity contribution in [3.05, 3.63) is 34.3 Å². The molecule has 0 saturated heterocycles. The summed E-state index contributed by atoms with van der Waals surface area (Å²) in [7, 11) is -2.28. The van der Waals surface area contributed by atoms with Crippen molar-refractivity contribution in [1.82, 2.24) is 14.9 Å². The largest absolute Gasteiger partial charge is 0.296 e. The highest BCUT2D eigenvalue weighted by Gasteiger charge is 2.17. The molecule has 0 unspecified atom stereocenters. The Bertz CT molecular complexity index is 784. The van der Waals surface area contributed by atoms with Crippen LogP contribution in [-0.4, -0.2) is 31.6 Å². The SMILES string of the molecule is CNS(=O)(=O)c1ccc(C)c(C(=O)Nc2nnc(C)s2)c1. The summed E-state index contributed by atoms with van der Waals surface area (Å²) >= 11 is 1.25. The van der Waals surface area contributed by atoms with E-state index in [9.17, 15) is 13.2 Å². The summed E-state index contributed by atoms with van der Waals surface area (Å²) in [5.41, 5.74) is 0.947. The molecule has 0 radical (unpaired) electrons. The predicted molar refractivity (Wildman–Crippen MR) is 80.0 cm³/mol. The van der Waals surface area contributed by atoms with Gasteiger partial charge in [-0.3, -0.25) is 10.1 Å². The fraction of sp³-hybridized carbons (Fsp3) is 0.250. The van der Waals surface area contributed by atoms with Crippen molar-refractivity contribution < 1.29 is 13.2 Å². The third-order valence-electron chi connectivity index (χ3n) is 2.78. The molecule has 21 heavy (non-hydrogen) atoms. The molecule has 0 saturated carbocycles. The lowest BCUT2D eigenvalue weighted by Gasteiger charge is -2.08. The monoisotopic (exact) mass is 326 g/mol. The second kappa shape index (κ2) is 5.88. The van der Waals surface area contributed by atoms with Crippen LogP contribution in [0.25, 0.3) is 0 Å². The van der Waals surface area contributed by atoms with Gasteiger partial charge in [-0.05, 0) is 38.6 Å². The van der Waals surface area contributed by atoms with Gasteiger partial charge in [-0.2, -0.15) is 0 Å². The molecule has 0 spiro atoms. The Labute approximate surface area is 126 Å². The van der Waals surface area contributed by atoms with Crippen LogP contribution in [0.3, 0.4) is 0 Å². The van der Waals surface area contributed by atoms with Crippen LogP contribution in [0.4, 0.5) is 5.13 Å². The zero-order valence-electron chi connectivity index (χ0n) is 11.7. The van der Waals surface area contributed by atoms with Crippen LogP contribution in [0, 0.1) is 13.8 Å². The van der Waals surface area contributed by atoms with Crippen molar-refractivity contribution in [2.24, 2.45) is 0 Å². The Hall–Kier alpha value is -1.84. The van der Waals surface area contributed by atoms with E-state index in [1.165, 1.54) is 30.5 Å². The zero-order chi connectivity index (χ0) is 15.6. The molecule has 0 bridgehead atoms. The molecule has 0 aliphatic rings. The first kappa shape index (κ1) is 15.5. The summed E-state index contributed by atoms with van der Waals surface area (Å²) in [6, 6.07) is 4.38. The molecule has 2 N–H and O–H groups in total. The number of nitrogens with one attached hydrogen (secondary N) is 2. The number of nitrogens with zero attached hydrogens (tertiary/aromatic N) is 2. The van der Waals surface area contributed by atoms with Gasteiger partial charge in [0.2, 0.25) is 15.2 Å². The van der Waals surface area contributed by atoms with Crippen molar-refractivity contribution in [2.45, 2.75) is 18.7 Å². The van der Waals surface area contributed by atoms with Crippen LogP contribution in [0.2, 0.25) is 0 Å². The molecule has 9 heteroatoms. The molecule has 1 heterocycles. The molecule has 7 nitrogen and oxygen atoms in total. The van der Waals surface area contributed by atoms with Gasteiger partial charge in [0.25, 0.3) is 5.91 Å². The predicted octanol–water partition coefficient (Wildman–Crippen LogP) is 1.32. The van der Waals surface area contributed by atoms with Crippen molar-refractivity contribution >= 4 is 32.4 Å². The Balaban J connectivity index is 2.34. The summed E-state index contributed by atoms with van der Waals surface area (Å²) in [4.78, 5) is 12.3. The topological polar surface area (TPSA) is 101 Å². The van der Waals surface area contributed by atoms with E-state index in [2.05, 4.69) is 20.2 Å². The number of carbonyl (C=O) groups excluding carboxylic acids is 1. The minimum atomic E-state index is -3.60. The molecule has 0 aliphatic carbocycles. The Morgan fingerprint density at radius 1 is 1.24 bits per heavy atom. The van der Waals surface area contributed by atoms with Gasteiger partial charge in [-0.1, -0.05) is 17.4 Å². The maximum Gasteiger partial charge on any atom is 0.257 e. The second-order valence-corrected chi connectivity index (χ2v) is 7.33. The van der Waals surface area contributed by atoms with E-state index < -0.39 is 15.9 Å². The van der Waals surface area contributed by atoms with Crippen molar-refractivity contribution in [3.8, 4) is 0 Å². The van der Waals surface area contributed by atoms with Gasteiger partial charge in [-0.25, -0.2) is 13.1 Å². The normalized spacial score (nSPS) is 11.4. The number of carbonyl (C=O) groups is 1. The average Bonchev–Trinajstić information content (AvgIpc) is 2.84. The van der Waals surface area contributed by atoms with Crippen LogP contribution in [-0.2, 0) is 10.0 Å². The Morgan fingerprint density at radius 3 is 2.52 bits per heavy atom. The summed E-state index contributed by atoms with van der Waals surface area (Å²) in [6.45, 7) is 3.51. The lowest BCUT2D eigenvalue weighted by atomic mass is 10.1. The third kappa shape index (κ3) is 3.43. The minimum absolute atomic E-state index is 0.0363. The maximum atomic E-state index is 12.2. The molecule has 1 aromatic heterocycles. The first-order valence-corrected chi connectivity index (χ1v) is 8.29. The number of benzene rings is 1. The summed E-state index contributed by atoms with van der Waals surface area (Å²) in [6.07, 6.45) is 0. The van der Waals surface area contributed by atoms with Crippen molar-refractivity contribution in [2.75, 3.05) is 12.4 Å². The summed E-state index contributed by atoms with van der Waals surface area (Å²) in [5.74, 6) is -0.420. The third-order valence-corrected chi connectivity index (χ3v) is 4.95. The van der Waals surface area contributed by atoms with Gasteiger partial charge in [0, 0.05) is 5.56 Å². The van der Waals surface area contributed by atoms with Crippen LogP contribution in [0.15, 0.2) is 23.1 Å². The average molecular weight is 326 g/mol. The van der Waals surface area contributed by atoms with Gasteiger partial charge >= 0.3 is 0 Å². The smallest absolute Gasteiger partial charge is 0.257 e. The highest BCUT2D eigenvalue weighted by atomic mass is 32.2. The van der Waals surface area contributed by atoms with E-state index in [-0.39, 0.29) is 10.5 Å². The van der Waals surface area contributed by atoms with E-state index >= 15 is 0 Å². The second-order valence-electron chi connectivity index (χ2n) is 4.26. The van der Waals surface area contributed by atoms with Crippen LogP contribution in [0.5, 0.6) is 0 Å². The number of aromatic nitrogens is 2. The lowest BCUT2D eigenvalue weighted by Crippen LogP contribution is -2.20. The quantitative estimate of drug-likeness (QED) is 0.882. The van der Waals surface area contributed by atoms with Gasteiger partial charge in [-0.15, -0.1) is 10.2 Å². The maximum absolute atomic E-state index is 12.2. The van der Waals surface area contributed by atoms with E-state index in [4.69, 9.17) is 0 Å². The lowest BCUT2D eigenvalue weighted by molar-refractivity contribution is 0.102. The molecule has 1 aromatic carbocycles. The van der Waals surface area contributed by atoms with Gasteiger partial charge in [0.05, 0.1) is 4.90 Å². The first-order valence-electron chi connectivity index (χ1n) is 5.99. The molecular weight excluding hydrogens is 312 g/mol. The number of hydrogen-bond acceptors (Lipinski definition) is 6. The van der Waals surface area contributed by atoms with Crippen molar-refractivity contribution in [3.63, 3.8) is 0 Å². The summed E-state index contributed by atoms with van der Waals surface area (Å²) < 4.78 is 25.8. The van der Waals surface area contributed by atoms with Gasteiger partial charge in [0.1, 0.15) is 5.01 Å².